The van der Waals surface area contributed by atoms with Crippen molar-refractivity contribution in [3.8, 4) is 11.3 Å². The molecular formula is C13H16N4. The van der Waals surface area contributed by atoms with Gasteiger partial charge in [0.1, 0.15) is 0 Å². The average Bonchev–Trinajstić information content (AvgIpc) is 2.84. The Hall–Kier alpha value is -2.10. The van der Waals surface area contributed by atoms with Gasteiger partial charge in [0.15, 0.2) is 0 Å². The minimum absolute atomic E-state index is 0.283. The molecule has 0 radical (unpaired) electrons. The van der Waals surface area contributed by atoms with Gasteiger partial charge in [0, 0.05) is 11.7 Å². The van der Waals surface area contributed by atoms with E-state index in [1.54, 1.807) is 12.5 Å². The normalized spacial score (nSPS) is 10.5. The molecule has 0 aliphatic carbocycles. The smallest absolute Gasteiger partial charge is 0.0924 e. The molecule has 1 aromatic carbocycles. The van der Waals surface area contributed by atoms with Gasteiger partial charge in [-0.15, -0.1) is 0 Å². The maximum Gasteiger partial charge on any atom is 0.0924 e. The van der Waals surface area contributed by atoms with Gasteiger partial charge in [0.05, 0.1) is 24.6 Å². The second kappa shape index (κ2) is 4.82. The Labute approximate surface area is 101 Å². The molecule has 17 heavy (non-hydrogen) atoms. The molecule has 1 aromatic heterocycles. The largest absolute Gasteiger partial charge is 0.345 e. The predicted molar refractivity (Wildman–Crippen MR) is 70.4 cm³/mol. The number of imidazole rings is 1. The molecular weight excluding hydrogens is 212 g/mol. The number of hydrogen-bond donors (Lipinski definition) is 2. The van der Waals surface area contributed by atoms with Crippen LogP contribution >= 0.6 is 0 Å². The van der Waals surface area contributed by atoms with E-state index in [1.807, 2.05) is 29.2 Å². The van der Waals surface area contributed by atoms with E-state index in [9.17, 15) is 0 Å². The first-order chi connectivity index (χ1) is 8.22. The zero-order chi connectivity index (χ0) is 12.3. The van der Waals surface area contributed by atoms with E-state index in [2.05, 4.69) is 23.8 Å². The molecule has 0 bridgehead atoms. The third-order valence-electron chi connectivity index (χ3n) is 2.67. The van der Waals surface area contributed by atoms with E-state index < -0.39 is 0 Å². The monoisotopic (exact) mass is 228 g/mol. The number of rotatable bonds is 4. The summed E-state index contributed by atoms with van der Waals surface area (Å²) in [4.78, 5) is 8.98. The Morgan fingerprint density at radius 2 is 2.00 bits per heavy atom. The van der Waals surface area contributed by atoms with E-state index in [0.717, 1.165) is 16.9 Å². The zero-order valence-electron chi connectivity index (χ0n) is 10.0. The molecule has 4 heteroatoms. The molecule has 0 saturated carbocycles. The van der Waals surface area contributed by atoms with Gasteiger partial charge in [-0.1, -0.05) is 12.1 Å². The molecule has 0 atom stereocenters. The average molecular weight is 228 g/mol. The first-order valence-corrected chi connectivity index (χ1v) is 5.60. The van der Waals surface area contributed by atoms with Crippen molar-refractivity contribution >= 4 is 12.0 Å². The van der Waals surface area contributed by atoms with Crippen LogP contribution in [0.1, 0.15) is 13.8 Å². The summed E-state index contributed by atoms with van der Waals surface area (Å²) in [5.74, 6) is 0. The summed E-state index contributed by atoms with van der Waals surface area (Å²) in [6.07, 6.45) is 4.82. The Balaban J connectivity index is 2.26. The second-order valence-electron chi connectivity index (χ2n) is 4.14. The molecule has 2 N–H and O–H groups in total. The lowest BCUT2D eigenvalue weighted by Crippen LogP contribution is -2.28. The molecule has 0 fully saturated rings. The first kappa shape index (κ1) is 11.4. The summed E-state index contributed by atoms with van der Waals surface area (Å²) in [5, 5.41) is 7.41. The fourth-order valence-electron chi connectivity index (χ4n) is 1.75. The van der Waals surface area contributed by atoms with Crippen LogP contribution in [0, 0.1) is 5.41 Å². The number of H-pyrrole nitrogens is 1. The summed E-state index contributed by atoms with van der Waals surface area (Å²) < 4.78 is 0. The molecule has 0 aliphatic heterocycles. The Morgan fingerprint density at radius 1 is 1.29 bits per heavy atom. The highest BCUT2D eigenvalue weighted by Crippen LogP contribution is 2.21. The minimum Gasteiger partial charge on any atom is -0.345 e. The number of aromatic nitrogens is 2. The molecule has 4 nitrogen and oxygen atoms in total. The molecule has 0 amide bonds. The molecule has 2 aromatic rings. The number of hydrogen-bond acceptors (Lipinski definition) is 2. The van der Waals surface area contributed by atoms with Gasteiger partial charge < -0.3 is 9.88 Å². The van der Waals surface area contributed by atoms with E-state index in [4.69, 9.17) is 5.41 Å². The van der Waals surface area contributed by atoms with Crippen molar-refractivity contribution in [2.24, 2.45) is 0 Å². The van der Waals surface area contributed by atoms with Crippen LogP contribution in [0.3, 0.4) is 0 Å². The maximum atomic E-state index is 7.41. The molecule has 0 saturated heterocycles. The van der Waals surface area contributed by atoms with Gasteiger partial charge in [-0.05, 0) is 31.5 Å². The van der Waals surface area contributed by atoms with Crippen molar-refractivity contribution < 1.29 is 0 Å². The fraction of sp³-hybridized carbons (Fsp3) is 0.231. The lowest BCUT2D eigenvalue weighted by molar-refractivity contribution is 0.813. The Bertz CT molecular complexity index is 471. The predicted octanol–water partition coefficient (Wildman–Crippen LogP) is 2.90. The summed E-state index contributed by atoms with van der Waals surface area (Å²) >= 11 is 0. The quantitative estimate of drug-likeness (QED) is 0.624. The van der Waals surface area contributed by atoms with Crippen LogP contribution < -0.4 is 4.90 Å². The van der Waals surface area contributed by atoms with Crippen LogP contribution in [0.4, 0.5) is 5.69 Å². The van der Waals surface area contributed by atoms with Crippen molar-refractivity contribution in [1.29, 1.82) is 5.41 Å². The molecule has 0 unspecified atom stereocenters. The van der Waals surface area contributed by atoms with Crippen molar-refractivity contribution in [2.75, 3.05) is 4.90 Å². The number of nitrogens with one attached hydrogen (secondary N) is 2. The number of benzene rings is 1. The molecule has 2 rings (SSSR count). The number of nitrogens with zero attached hydrogens (tertiary/aromatic N) is 2. The molecule has 1 heterocycles. The van der Waals surface area contributed by atoms with Crippen LogP contribution in [-0.2, 0) is 0 Å². The summed E-state index contributed by atoms with van der Waals surface area (Å²) in [5.41, 5.74) is 3.13. The highest BCUT2D eigenvalue weighted by Gasteiger charge is 2.07. The van der Waals surface area contributed by atoms with Gasteiger partial charge in [-0.3, -0.25) is 5.41 Å². The summed E-state index contributed by atoms with van der Waals surface area (Å²) in [6, 6.07) is 8.37. The van der Waals surface area contributed by atoms with Crippen LogP contribution in [0.2, 0.25) is 0 Å². The van der Waals surface area contributed by atoms with Gasteiger partial charge >= 0.3 is 0 Å². The topological polar surface area (TPSA) is 55.8 Å². The lowest BCUT2D eigenvalue weighted by Gasteiger charge is -2.23. The van der Waals surface area contributed by atoms with E-state index in [1.165, 1.54) is 6.34 Å². The maximum absolute atomic E-state index is 7.41. The Kier molecular flexibility index (Phi) is 3.23. The third kappa shape index (κ3) is 2.36. The fourth-order valence-corrected chi connectivity index (χ4v) is 1.75. The standard InChI is InChI=1S/C13H16N4/c1-10(2)17(8-14)12-5-3-11(4-6-12)13-7-15-9-16-13/h3-10,14H,1-2H3,(H,15,16). The Morgan fingerprint density at radius 3 is 2.47 bits per heavy atom. The van der Waals surface area contributed by atoms with E-state index in [-0.39, 0.29) is 6.04 Å². The summed E-state index contributed by atoms with van der Waals surface area (Å²) in [6.45, 7) is 4.13. The zero-order valence-corrected chi connectivity index (χ0v) is 10.0. The molecule has 88 valence electrons. The summed E-state index contributed by atoms with van der Waals surface area (Å²) in [7, 11) is 0. The SMILES string of the molecule is CC(C)N(C=N)c1ccc(-c2cnc[nH]2)cc1. The highest BCUT2D eigenvalue weighted by atomic mass is 15.2. The third-order valence-corrected chi connectivity index (χ3v) is 2.67. The number of anilines is 1. The van der Waals surface area contributed by atoms with Crippen molar-refractivity contribution in [3.05, 3.63) is 36.8 Å². The van der Waals surface area contributed by atoms with Crippen molar-refractivity contribution in [2.45, 2.75) is 19.9 Å². The van der Waals surface area contributed by atoms with Crippen molar-refractivity contribution in [3.63, 3.8) is 0 Å². The van der Waals surface area contributed by atoms with Crippen LogP contribution in [0.15, 0.2) is 36.8 Å². The highest BCUT2D eigenvalue weighted by molar-refractivity contribution is 5.78. The van der Waals surface area contributed by atoms with Gasteiger partial charge in [0.25, 0.3) is 0 Å². The number of aromatic amines is 1. The van der Waals surface area contributed by atoms with Gasteiger partial charge in [-0.25, -0.2) is 4.98 Å². The second-order valence-corrected chi connectivity index (χ2v) is 4.14. The molecule has 0 aliphatic rings. The molecule has 0 spiro atoms. The van der Waals surface area contributed by atoms with Gasteiger partial charge in [-0.2, -0.15) is 0 Å². The van der Waals surface area contributed by atoms with Crippen molar-refractivity contribution in [1.82, 2.24) is 9.97 Å². The van der Waals surface area contributed by atoms with Crippen LogP contribution in [0.5, 0.6) is 0 Å². The van der Waals surface area contributed by atoms with Gasteiger partial charge in [0.2, 0.25) is 0 Å². The van der Waals surface area contributed by atoms with Crippen LogP contribution in [0.25, 0.3) is 11.3 Å². The van der Waals surface area contributed by atoms with E-state index in [0.29, 0.717) is 0 Å². The van der Waals surface area contributed by atoms with Crippen LogP contribution in [-0.4, -0.2) is 22.3 Å². The minimum atomic E-state index is 0.283. The lowest BCUT2D eigenvalue weighted by atomic mass is 10.1. The first-order valence-electron chi connectivity index (χ1n) is 5.60. The van der Waals surface area contributed by atoms with E-state index >= 15 is 0 Å².